The summed E-state index contributed by atoms with van der Waals surface area (Å²) in [4.78, 5) is 26.4. The highest BCUT2D eigenvalue weighted by molar-refractivity contribution is 6.01. The monoisotopic (exact) mass is 350 g/mol. The van der Waals surface area contributed by atoms with E-state index in [-0.39, 0.29) is 18.4 Å². The summed E-state index contributed by atoms with van der Waals surface area (Å²) in [5.41, 5.74) is 3.44. The Hall–Kier alpha value is -2.66. The number of nitrogens with zero attached hydrogens (tertiary/aromatic N) is 1. The molecule has 4 rings (SSSR count). The number of carbonyl (C=O) groups excluding carboxylic acids is 2. The third-order valence-corrected chi connectivity index (χ3v) is 5.31. The number of aryl methyl sites for hydroxylation is 1. The van der Waals surface area contributed by atoms with E-state index in [1.807, 2.05) is 47.4 Å². The van der Waals surface area contributed by atoms with Crippen LogP contribution in [-0.4, -0.2) is 48.6 Å². The normalized spacial score (nSPS) is 22.5. The van der Waals surface area contributed by atoms with E-state index in [0.717, 1.165) is 23.1 Å². The average Bonchev–Trinajstić information content (AvgIpc) is 3.08. The fraction of sp³-hybridized carbons (Fsp3) is 0.333. The van der Waals surface area contributed by atoms with Crippen LogP contribution in [0.4, 0.5) is 0 Å². The maximum Gasteiger partial charge on any atom is 0.254 e. The van der Waals surface area contributed by atoms with Gasteiger partial charge in [0.25, 0.3) is 5.91 Å². The number of carbonyl (C=O) groups is 2. The lowest BCUT2D eigenvalue weighted by Gasteiger charge is -2.33. The zero-order valence-electron chi connectivity index (χ0n) is 14.8. The first-order chi connectivity index (χ1) is 12.6. The number of likely N-dealkylation sites (tertiary alicyclic amines) is 1. The summed E-state index contributed by atoms with van der Waals surface area (Å²) < 4.78 is 5.78. The lowest BCUT2D eigenvalue weighted by molar-refractivity contribution is -0.141. The molecule has 5 nitrogen and oxygen atoms in total. The van der Waals surface area contributed by atoms with E-state index in [1.165, 1.54) is 0 Å². The largest absolute Gasteiger partial charge is 0.361 e. The van der Waals surface area contributed by atoms with Crippen LogP contribution < -0.4 is 5.32 Å². The van der Waals surface area contributed by atoms with E-state index in [2.05, 4.69) is 18.3 Å². The van der Waals surface area contributed by atoms with Crippen LogP contribution in [0, 0.1) is 6.92 Å². The molecule has 1 spiro atoms. The van der Waals surface area contributed by atoms with Crippen molar-refractivity contribution in [1.29, 1.82) is 0 Å². The Bertz CT molecular complexity index is 852. The molecular formula is C21H22N2O3. The van der Waals surface area contributed by atoms with Gasteiger partial charge in [-0.25, -0.2) is 0 Å². The lowest BCUT2D eigenvalue weighted by atomic mass is 9.95. The van der Waals surface area contributed by atoms with Gasteiger partial charge in [0.2, 0.25) is 5.91 Å². The van der Waals surface area contributed by atoms with Gasteiger partial charge in [-0.1, -0.05) is 42.5 Å². The minimum Gasteiger partial charge on any atom is -0.361 e. The molecule has 2 aliphatic heterocycles. The summed E-state index contributed by atoms with van der Waals surface area (Å²) in [6.45, 7) is 3.74. The number of morpholine rings is 1. The maximum absolute atomic E-state index is 13.2. The summed E-state index contributed by atoms with van der Waals surface area (Å²) in [5, 5.41) is 2.86. The average molecular weight is 350 g/mol. The highest BCUT2D eigenvalue weighted by Gasteiger charge is 2.44. The molecule has 2 saturated heterocycles. The molecule has 0 saturated carbocycles. The van der Waals surface area contributed by atoms with Crippen LogP contribution in [0.1, 0.15) is 22.3 Å². The zero-order valence-corrected chi connectivity index (χ0v) is 14.8. The Kier molecular flexibility index (Phi) is 4.24. The molecule has 1 unspecified atom stereocenters. The van der Waals surface area contributed by atoms with Gasteiger partial charge in [0.1, 0.15) is 12.2 Å². The molecule has 1 atom stereocenters. The minimum atomic E-state index is -0.443. The van der Waals surface area contributed by atoms with Gasteiger partial charge >= 0.3 is 0 Å². The highest BCUT2D eigenvalue weighted by Crippen LogP contribution is 2.31. The van der Waals surface area contributed by atoms with Crippen LogP contribution in [0.2, 0.25) is 0 Å². The summed E-state index contributed by atoms with van der Waals surface area (Å²) in [7, 11) is 0. The van der Waals surface area contributed by atoms with Gasteiger partial charge in [0, 0.05) is 18.7 Å². The molecule has 0 bridgehead atoms. The van der Waals surface area contributed by atoms with Crippen molar-refractivity contribution in [3.05, 3.63) is 59.7 Å². The first-order valence-corrected chi connectivity index (χ1v) is 8.93. The third-order valence-electron chi connectivity index (χ3n) is 5.31. The van der Waals surface area contributed by atoms with E-state index in [1.54, 1.807) is 0 Å². The number of nitrogens with one attached hydrogen (secondary N) is 1. The number of rotatable bonds is 2. The van der Waals surface area contributed by atoms with E-state index in [4.69, 9.17) is 4.74 Å². The molecule has 2 heterocycles. The van der Waals surface area contributed by atoms with Crippen molar-refractivity contribution in [3.8, 4) is 11.1 Å². The number of benzene rings is 2. The van der Waals surface area contributed by atoms with Gasteiger partial charge < -0.3 is 15.0 Å². The van der Waals surface area contributed by atoms with Crippen LogP contribution in [0.5, 0.6) is 0 Å². The topological polar surface area (TPSA) is 58.6 Å². The second kappa shape index (κ2) is 6.57. The molecule has 26 heavy (non-hydrogen) atoms. The summed E-state index contributed by atoms with van der Waals surface area (Å²) in [6, 6.07) is 15.8. The number of hydrogen-bond donors (Lipinski definition) is 1. The van der Waals surface area contributed by atoms with Crippen LogP contribution in [0.25, 0.3) is 11.1 Å². The van der Waals surface area contributed by atoms with Gasteiger partial charge in [0.15, 0.2) is 0 Å². The van der Waals surface area contributed by atoms with Crippen molar-refractivity contribution in [3.63, 3.8) is 0 Å². The molecule has 2 aliphatic rings. The quantitative estimate of drug-likeness (QED) is 0.905. The SMILES string of the molecule is Cc1ccccc1-c1ccccc1C(=O)N1CCC2(CNC(=O)CO2)C1. The molecule has 0 aromatic heterocycles. The van der Waals surface area contributed by atoms with Crippen molar-refractivity contribution < 1.29 is 14.3 Å². The lowest BCUT2D eigenvalue weighted by Crippen LogP contribution is -2.54. The summed E-state index contributed by atoms with van der Waals surface area (Å²) >= 11 is 0. The van der Waals surface area contributed by atoms with Crippen molar-refractivity contribution in [2.24, 2.45) is 0 Å². The van der Waals surface area contributed by atoms with Gasteiger partial charge in [0.05, 0.1) is 6.54 Å². The van der Waals surface area contributed by atoms with E-state index >= 15 is 0 Å². The molecule has 2 fully saturated rings. The molecular weight excluding hydrogens is 328 g/mol. The molecule has 0 aliphatic carbocycles. The van der Waals surface area contributed by atoms with Gasteiger partial charge in [-0.15, -0.1) is 0 Å². The predicted octanol–water partition coefficient (Wildman–Crippen LogP) is 2.39. The number of hydrogen-bond acceptors (Lipinski definition) is 3. The van der Waals surface area contributed by atoms with Gasteiger partial charge in [-0.05, 0) is 36.1 Å². The second-order valence-electron chi connectivity index (χ2n) is 7.09. The van der Waals surface area contributed by atoms with Gasteiger partial charge in [-0.2, -0.15) is 0 Å². The smallest absolute Gasteiger partial charge is 0.254 e. The van der Waals surface area contributed by atoms with Crippen molar-refractivity contribution in [1.82, 2.24) is 10.2 Å². The van der Waals surface area contributed by atoms with Crippen molar-refractivity contribution in [2.75, 3.05) is 26.2 Å². The molecule has 5 heteroatoms. The van der Waals surface area contributed by atoms with Crippen LogP contribution in [0.3, 0.4) is 0 Å². The van der Waals surface area contributed by atoms with Crippen molar-refractivity contribution >= 4 is 11.8 Å². The van der Waals surface area contributed by atoms with Crippen LogP contribution >= 0.6 is 0 Å². The third kappa shape index (κ3) is 2.99. The Balaban J connectivity index is 1.60. The maximum atomic E-state index is 13.2. The first kappa shape index (κ1) is 16.8. The first-order valence-electron chi connectivity index (χ1n) is 8.93. The van der Waals surface area contributed by atoms with Crippen molar-refractivity contribution in [2.45, 2.75) is 18.9 Å². The standard InChI is InChI=1S/C21H22N2O3/c1-15-6-2-3-7-16(15)17-8-4-5-9-18(17)20(25)23-11-10-21(14-23)13-22-19(24)12-26-21/h2-9H,10-14H2,1H3,(H,22,24). The molecule has 2 amide bonds. The highest BCUT2D eigenvalue weighted by atomic mass is 16.5. The second-order valence-corrected chi connectivity index (χ2v) is 7.09. The summed E-state index contributed by atoms with van der Waals surface area (Å²) in [5.74, 6) is -0.0773. The molecule has 1 N–H and O–H groups in total. The Morgan fingerprint density at radius 3 is 2.58 bits per heavy atom. The van der Waals surface area contributed by atoms with E-state index in [9.17, 15) is 9.59 Å². The fourth-order valence-electron chi connectivity index (χ4n) is 3.81. The Morgan fingerprint density at radius 1 is 1.12 bits per heavy atom. The number of amides is 2. The zero-order chi connectivity index (χ0) is 18.1. The van der Waals surface area contributed by atoms with Crippen LogP contribution in [-0.2, 0) is 9.53 Å². The van der Waals surface area contributed by atoms with E-state index < -0.39 is 5.60 Å². The molecule has 2 aromatic carbocycles. The molecule has 134 valence electrons. The molecule has 2 aromatic rings. The predicted molar refractivity (Wildman–Crippen MR) is 98.8 cm³/mol. The fourth-order valence-corrected chi connectivity index (χ4v) is 3.81. The summed E-state index contributed by atoms with van der Waals surface area (Å²) in [6.07, 6.45) is 0.742. The van der Waals surface area contributed by atoms with E-state index in [0.29, 0.717) is 25.2 Å². The Morgan fingerprint density at radius 2 is 1.85 bits per heavy atom. The molecule has 0 radical (unpaired) electrons. The minimum absolute atomic E-state index is 0.0150. The number of ether oxygens (including phenoxy) is 1. The van der Waals surface area contributed by atoms with Gasteiger partial charge in [-0.3, -0.25) is 9.59 Å². The van der Waals surface area contributed by atoms with Crippen LogP contribution in [0.15, 0.2) is 48.5 Å². The Labute approximate surface area is 153 Å².